The predicted octanol–water partition coefficient (Wildman–Crippen LogP) is 4.82. The standard InChI is InChI=1S/C23H20N4O2S/c1-2-20(22(28)24-14-15-8-7-13-29-15)30-23-26-17-10-4-3-9-16(17)21-25-18-11-5-6-12-19(18)27(21)23/h3-13,20H,2,14H2,1H3,(H,24,28)/t20-/m0/s1. The van der Waals surface area contributed by atoms with Crippen LogP contribution in [0.1, 0.15) is 19.1 Å². The van der Waals surface area contributed by atoms with Gasteiger partial charge >= 0.3 is 0 Å². The molecule has 0 unspecified atom stereocenters. The maximum absolute atomic E-state index is 12.8. The lowest BCUT2D eigenvalue weighted by atomic mass is 10.2. The fourth-order valence-corrected chi connectivity index (χ4v) is 4.60. The van der Waals surface area contributed by atoms with E-state index in [9.17, 15) is 4.79 Å². The van der Waals surface area contributed by atoms with Crippen LogP contribution in [0.25, 0.3) is 27.6 Å². The van der Waals surface area contributed by atoms with Crippen LogP contribution in [0.4, 0.5) is 0 Å². The molecule has 1 atom stereocenters. The van der Waals surface area contributed by atoms with Gasteiger partial charge in [0.25, 0.3) is 0 Å². The van der Waals surface area contributed by atoms with Gasteiger partial charge in [-0.2, -0.15) is 0 Å². The van der Waals surface area contributed by atoms with Gasteiger partial charge in [-0.15, -0.1) is 0 Å². The van der Waals surface area contributed by atoms with E-state index >= 15 is 0 Å². The van der Waals surface area contributed by atoms with Gasteiger partial charge in [0.15, 0.2) is 5.16 Å². The van der Waals surface area contributed by atoms with Gasteiger partial charge in [0.2, 0.25) is 5.91 Å². The van der Waals surface area contributed by atoms with Crippen LogP contribution in [0.2, 0.25) is 0 Å². The number of hydrogen-bond donors (Lipinski definition) is 1. The zero-order chi connectivity index (χ0) is 20.5. The quantitative estimate of drug-likeness (QED) is 0.317. The van der Waals surface area contributed by atoms with Crippen molar-refractivity contribution in [2.45, 2.75) is 30.3 Å². The molecule has 1 N–H and O–H groups in total. The van der Waals surface area contributed by atoms with Gasteiger partial charge in [0, 0.05) is 5.39 Å². The lowest BCUT2D eigenvalue weighted by Crippen LogP contribution is -2.32. The minimum absolute atomic E-state index is 0.0357. The minimum atomic E-state index is -0.280. The Labute approximate surface area is 177 Å². The number of hydrogen-bond acceptors (Lipinski definition) is 5. The molecule has 150 valence electrons. The number of carbonyl (C=O) groups excluding carboxylic acids is 1. The largest absolute Gasteiger partial charge is 0.467 e. The number of rotatable bonds is 6. The summed E-state index contributed by atoms with van der Waals surface area (Å²) in [4.78, 5) is 22.6. The first-order valence-electron chi connectivity index (χ1n) is 9.87. The molecule has 7 heteroatoms. The Kier molecular flexibility index (Phi) is 4.88. The zero-order valence-electron chi connectivity index (χ0n) is 16.4. The average Bonchev–Trinajstić information content (AvgIpc) is 3.43. The van der Waals surface area contributed by atoms with Crippen LogP contribution in [0.5, 0.6) is 0 Å². The number of para-hydroxylation sites is 3. The highest BCUT2D eigenvalue weighted by atomic mass is 32.2. The predicted molar refractivity (Wildman–Crippen MR) is 118 cm³/mol. The number of carbonyl (C=O) groups is 1. The molecule has 0 aliphatic rings. The lowest BCUT2D eigenvalue weighted by Gasteiger charge is -2.15. The van der Waals surface area contributed by atoms with Crippen molar-refractivity contribution in [3.63, 3.8) is 0 Å². The normalized spacial score (nSPS) is 12.6. The molecule has 5 aromatic rings. The van der Waals surface area contributed by atoms with Crippen molar-refractivity contribution < 1.29 is 9.21 Å². The SMILES string of the molecule is CC[C@H](Sc1nc2ccccc2c2nc3ccccc3n12)C(=O)NCc1ccco1. The lowest BCUT2D eigenvalue weighted by molar-refractivity contribution is -0.120. The van der Waals surface area contributed by atoms with Gasteiger partial charge in [-0.25, -0.2) is 9.97 Å². The molecule has 30 heavy (non-hydrogen) atoms. The summed E-state index contributed by atoms with van der Waals surface area (Å²) in [5.74, 6) is 0.696. The van der Waals surface area contributed by atoms with Gasteiger partial charge in [0.05, 0.1) is 34.6 Å². The molecule has 0 fully saturated rings. The summed E-state index contributed by atoms with van der Waals surface area (Å²) in [6.07, 6.45) is 2.28. The van der Waals surface area contributed by atoms with E-state index in [0.29, 0.717) is 13.0 Å². The Bertz CT molecular complexity index is 1340. The monoisotopic (exact) mass is 416 g/mol. The van der Waals surface area contributed by atoms with E-state index in [0.717, 1.165) is 38.5 Å². The van der Waals surface area contributed by atoms with Crippen molar-refractivity contribution in [3.05, 3.63) is 72.7 Å². The molecule has 0 aliphatic heterocycles. The fraction of sp³-hybridized carbons (Fsp3) is 0.174. The Hall–Kier alpha value is -3.32. The molecular formula is C23H20N4O2S. The topological polar surface area (TPSA) is 72.4 Å². The minimum Gasteiger partial charge on any atom is -0.467 e. The maximum Gasteiger partial charge on any atom is 0.233 e. The third-order valence-corrected chi connectivity index (χ3v) is 6.36. The van der Waals surface area contributed by atoms with Gasteiger partial charge in [-0.05, 0) is 42.8 Å². The molecule has 5 rings (SSSR count). The Morgan fingerprint density at radius 2 is 1.87 bits per heavy atom. The second kappa shape index (κ2) is 7.84. The number of aromatic nitrogens is 3. The van der Waals surface area contributed by atoms with Crippen molar-refractivity contribution >= 4 is 45.3 Å². The molecule has 0 spiro atoms. The first-order valence-corrected chi connectivity index (χ1v) is 10.7. The number of nitrogens with one attached hydrogen (secondary N) is 1. The van der Waals surface area contributed by atoms with E-state index in [2.05, 4.69) is 9.72 Å². The van der Waals surface area contributed by atoms with Crippen molar-refractivity contribution in [1.29, 1.82) is 0 Å². The highest BCUT2D eigenvalue weighted by Gasteiger charge is 2.22. The van der Waals surface area contributed by atoms with Crippen LogP contribution in [0.3, 0.4) is 0 Å². The van der Waals surface area contributed by atoms with Gasteiger partial charge < -0.3 is 9.73 Å². The smallest absolute Gasteiger partial charge is 0.233 e. The summed E-state index contributed by atoms with van der Waals surface area (Å²) >= 11 is 1.47. The number of imidazole rings is 1. The highest BCUT2D eigenvalue weighted by Crippen LogP contribution is 2.31. The number of amides is 1. The van der Waals surface area contributed by atoms with Crippen molar-refractivity contribution in [2.24, 2.45) is 0 Å². The number of fused-ring (bicyclic) bond motifs is 5. The molecule has 2 aromatic carbocycles. The molecule has 0 bridgehead atoms. The van der Waals surface area contributed by atoms with Gasteiger partial charge in [-0.3, -0.25) is 9.20 Å². The highest BCUT2D eigenvalue weighted by molar-refractivity contribution is 8.00. The molecule has 6 nitrogen and oxygen atoms in total. The average molecular weight is 417 g/mol. The van der Waals surface area contributed by atoms with E-state index in [1.165, 1.54) is 11.8 Å². The van der Waals surface area contributed by atoms with Gasteiger partial charge in [0.1, 0.15) is 11.4 Å². The van der Waals surface area contributed by atoms with E-state index in [-0.39, 0.29) is 11.2 Å². The summed E-state index contributed by atoms with van der Waals surface area (Å²) in [5.41, 5.74) is 3.62. The number of benzene rings is 2. The Balaban J connectivity index is 1.55. The summed E-state index contributed by atoms with van der Waals surface area (Å²) in [6.45, 7) is 2.38. The Morgan fingerprint density at radius 1 is 1.07 bits per heavy atom. The van der Waals surface area contributed by atoms with Crippen molar-refractivity contribution in [2.75, 3.05) is 0 Å². The molecule has 0 saturated carbocycles. The first-order chi connectivity index (χ1) is 14.7. The summed E-state index contributed by atoms with van der Waals surface area (Å²) < 4.78 is 7.37. The van der Waals surface area contributed by atoms with Crippen molar-refractivity contribution in [1.82, 2.24) is 19.7 Å². The van der Waals surface area contributed by atoms with Crippen LogP contribution in [-0.4, -0.2) is 25.5 Å². The molecule has 3 aromatic heterocycles. The molecular weight excluding hydrogens is 396 g/mol. The molecule has 1 amide bonds. The van der Waals surface area contributed by atoms with E-state index in [4.69, 9.17) is 14.4 Å². The van der Waals surface area contributed by atoms with Crippen LogP contribution in [-0.2, 0) is 11.3 Å². The second-order valence-electron chi connectivity index (χ2n) is 6.98. The van der Waals surface area contributed by atoms with Crippen molar-refractivity contribution in [3.8, 4) is 0 Å². The molecule has 0 aliphatic carbocycles. The number of thioether (sulfide) groups is 1. The summed E-state index contributed by atoms with van der Waals surface area (Å²) in [6, 6.07) is 19.6. The zero-order valence-corrected chi connectivity index (χ0v) is 17.2. The van der Waals surface area contributed by atoms with E-state index < -0.39 is 0 Å². The third-order valence-electron chi connectivity index (χ3n) is 5.04. The first kappa shape index (κ1) is 18.7. The van der Waals surface area contributed by atoms with Crippen LogP contribution in [0, 0.1) is 0 Å². The molecule has 0 saturated heterocycles. The fourth-order valence-electron chi connectivity index (χ4n) is 3.54. The van der Waals surface area contributed by atoms with E-state index in [1.807, 2.05) is 67.6 Å². The molecule has 0 radical (unpaired) electrons. The van der Waals surface area contributed by atoms with Crippen LogP contribution < -0.4 is 5.32 Å². The third kappa shape index (κ3) is 3.31. The van der Waals surface area contributed by atoms with Crippen LogP contribution >= 0.6 is 11.8 Å². The summed E-state index contributed by atoms with van der Waals surface area (Å²) in [7, 11) is 0. The summed E-state index contributed by atoms with van der Waals surface area (Å²) in [5, 5.41) is 4.44. The molecule has 3 heterocycles. The Morgan fingerprint density at radius 3 is 2.67 bits per heavy atom. The van der Waals surface area contributed by atoms with E-state index in [1.54, 1.807) is 6.26 Å². The maximum atomic E-state index is 12.8. The van der Waals surface area contributed by atoms with Crippen LogP contribution in [0.15, 0.2) is 76.5 Å². The van der Waals surface area contributed by atoms with Gasteiger partial charge in [-0.1, -0.05) is 43.0 Å². The number of nitrogens with zero attached hydrogens (tertiary/aromatic N) is 3. The second-order valence-corrected chi connectivity index (χ2v) is 8.15. The number of furan rings is 1.